The summed E-state index contributed by atoms with van der Waals surface area (Å²) < 4.78 is 6.02. The lowest BCUT2D eigenvalue weighted by atomic mass is 9.99. The third-order valence-electron chi connectivity index (χ3n) is 6.65. The molecule has 3 N–H and O–H groups in total. The van der Waals surface area contributed by atoms with Gasteiger partial charge < -0.3 is 20.1 Å². The van der Waals surface area contributed by atoms with E-state index in [1.54, 1.807) is 6.07 Å². The van der Waals surface area contributed by atoms with Gasteiger partial charge >= 0.3 is 0 Å². The molecule has 0 radical (unpaired) electrons. The first-order valence-corrected chi connectivity index (χ1v) is 11.4. The Hall–Kier alpha value is -3.41. The molecular weight excluding hydrogens is 412 g/mol. The Labute approximate surface area is 193 Å². The summed E-state index contributed by atoms with van der Waals surface area (Å²) in [6, 6.07) is 25.7. The lowest BCUT2D eigenvalue weighted by Crippen LogP contribution is -2.35. The fourth-order valence-electron chi connectivity index (χ4n) is 4.81. The monoisotopic (exact) mass is 440 g/mol. The highest BCUT2D eigenvalue weighted by Crippen LogP contribution is 2.34. The van der Waals surface area contributed by atoms with Crippen molar-refractivity contribution in [3.8, 4) is 5.75 Å². The highest BCUT2D eigenvalue weighted by atomic mass is 16.5. The SMILES string of the molecule is C[C@@H]1c2ccccc2C[C@H]1NC[C@H](O)c1ccc(OCc2ccccc2)c2[nH]c(=O)ccc12. The molecule has 5 rings (SSSR count). The number of ether oxygens (including phenoxy) is 1. The van der Waals surface area contributed by atoms with Crippen molar-refractivity contribution in [2.75, 3.05) is 6.54 Å². The van der Waals surface area contributed by atoms with Gasteiger partial charge in [-0.15, -0.1) is 0 Å². The molecule has 0 spiro atoms. The van der Waals surface area contributed by atoms with Crippen molar-refractivity contribution in [1.29, 1.82) is 0 Å². The molecule has 5 heteroatoms. The summed E-state index contributed by atoms with van der Waals surface area (Å²) in [4.78, 5) is 14.9. The molecule has 0 fully saturated rings. The number of hydrogen-bond donors (Lipinski definition) is 3. The van der Waals surface area contributed by atoms with Gasteiger partial charge in [-0.2, -0.15) is 0 Å². The number of hydrogen-bond acceptors (Lipinski definition) is 4. The summed E-state index contributed by atoms with van der Waals surface area (Å²) in [5.41, 5.74) is 4.98. The standard InChI is InChI=1S/C28H28N2O3/c1-18-21-10-6-5-9-20(21)15-24(18)29-16-25(31)22-11-13-26(28-23(22)12-14-27(32)30-28)33-17-19-7-3-2-4-8-19/h2-14,18,24-25,29,31H,15-17H2,1H3,(H,30,32)/t18-,24-,25+/m1/s1. The molecule has 1 aliphatic rings. The van der Waals surface area contributed by atoms with Crippen molar-refractivity contribution in [3.05, 3.63) is 111 Å². The van der Waals surface area contributed by atoms with E-state index in [9.17, 15) is 9.90 Å². The van der Waals surface area contributed by atoms with E-state index < -0.39 is 6.10 Å². The number of aromatic nitrogens is 1. The maximum atomic E-state index is 12.0. The van der Waals surface area contributed by atoms with Gasteiger partial charge in [-0.25, -0.2) is 0 Å². The number of fused-ring (bicyclic) bond motifs is 2. The molecule has 4 aromatic rings. The van der Waals surface area contributed by atoms with Gasteiger partial charge in [0.2, 0.25) is 5.56 Å². The van der Waals surface area contributed by atoms with Crippen molar-refractivity contribution in [3.63, 3.8) is 0 Å². The Kier molecular flexibility index (Phi) is 5.99. The Morgan fingerprint density at radius 3 is 2.64 bits per heavy atom. The molecule has 0 unspecified atom stereocenters. The summed E-state index contributed by atoms with van der Waals surface area (Å²) >= 11 is 0. The largest absolute Gasteiger partial charge is 0.487 e. The van der Waals surface area contributed by atoms with Crippen LogP contribution in [-0.2, 0) is 13.0 Å². The summed E-state index contributed by atoms with van der Waals surface area (Å²) in [7, 11) is 0. The summed E-state index contributed by atoms with van der Waals surface area (Å²) in [5.74, 6) is 0.991. The highest BCUT2D eigenvalue weighted by Gasteiger charge is 2.29. The zero-order valence-corrected chi connectivity index (χ0v) is 18.6. The molecule has 0 aliphatic heterocycles. The molecule has 0 saturated heterocycles. The van der Waals surface area contributed by atoms with Crippen LogP contribution >= 0.6 is 0 Å². The van der Waals surface area contributed by atoms with Crippen LogP contribution in [0.15, 0.2) is 83.7 Å². The molecule has 0 bridgehead atoms. The second-order valence-corrected chi connectivity index (χ2v) is 8.76. The number of nitrogens with one attached hydrogen (secondary N) is 2. The minimum absolute atomic E-state index is 0.200. The van der Waals surface area contributed by atoms with Crippen molar-refractivity contribution in [1.82, 2.24) is 10.3 Å². The average molecular weight is 441 g/mol. The van der Waals surface area contributed by atoms with Gasteiger partial charge in [0.25, 0.3) is 0 Å². The number of aliphatic hydroxyl groups is 1. The molecule has 0 saturated carbocycles. The number of H-pyrrole nitrogens is 1. The highest BCUT2D eigenvalue weighted by molar-refractivity contribution is 5.87. The second kappa shape index (κ2) is 9.22. The molecule has 1 aliphatic carbocycles. The van der Waals surface area contributed by atoms with Crippen LogP contribution in [0.4, 0.5) is 0 Å². The van der Waals surface area contributed by atoms with E-state index in [4.69, 9.17) is 4.74 Å². The van der Waals surface area contributed by atoms with Crippen molar-refractivity contribution in [2.45, 2.75) is 38.0 Å². The zero-order valence-electron chi connectivity index (χ0n) is 18.6. The second-order valence-electron chi connectivity index (χ2n) is 8.76. The van der Waals surface area contributed by atoms with Crippen LogP contribution in [0.5, 0.6) is 5.75 Å². The Morgan fingerprint density at radius 1 is 1.03 bits per heavy atom. The van der Waals surface area contributed by atoms with Crippen LogP contribution in [0, 0.1) is 0 Å². The smallest absolute Gasteiger partial charge is 0.248 e. The maximum absolute atomic E-state index is 12.0. The van der Waals surface area contributed by atoms with E-state index >= 15 is 0 Å². The molecule has 3 aromatic carbocycles. The first kappa shape index (κ1) is 21.4. The first-order valence-electron chi connectivity index (χ1n) is 11.4. The predicted molar refractivity (Wildman–Crippen MR) is 131 cm³/mol. The quantitative estimate of drug-likeness (QED) is 0.397. The molecule has 33 heavy (non-hydrogen) atoms. The van der Waals surface area contributed by atoms with Gasteiger partial charge in [0.1, 0.15) is 12.4 Å². The van der Waals surface area contributed by atoms with Crippen LogP contribution in [0.25, 0.3) is 10.9 Å². The third kappa shape index (κ3) is 4.42. The minimum atomic E-state index is -0.711. The number of aromatic amines is 1. The number of benzene rings is 3. The van der Waals surface area contributed by atoms with E-state index in [1.807, 2.05) is 42.5 Å². The maximum Gasteiger partial charge on any atom is 0.248 e. The lowest BCUT2D eigenvalue weighted by Gasteiger charge is -2.22. The van der Waals surface area contributed by atoms with E-state index in [0.29, 0.717) is 30.3 Å². The van der Waals surface area contributed by atoms with Gasteiger partial charge in [-0.1, -0.05) is 67.6 Å². The topological polar surface area (TPSA) is 74.3 Å². The van der Waals surface area contributed by atoms with Crippen molar-refractivity contribution >= 4 is 10.9 Å². The Morgan fingerprint density at radius 2 is 1.82 bits per heavy atom. The van der Waals surface area contributed by atoms with E-state index in [2.05, 4.69) is 41.5 Å². The van der Waals surface area contributed by atoms with E-state index in [0.717, 1.165) is 22.9 Å². The minimum Gasteiger partial charge on any atom is -0.487 e. The van der Waals surface area contributed by atoms with Gasteiger partial charge in [0.15, 0.2) is 0 Å². The fraction of sp³-hybridized carbons (Fsp3) is 0.250. The van der Waals surface area contributed by atoms with Crippen LogP contribution in [0.1, 0.15) is 41.2 Å². The molecule has 5 nitrogen and oxygen atoms in total. The van der Waals surface area contributed by atoms with Gasteiger partial charge in [-0.3, -0.25) is 4.79 Å². The zero-order chi connectivity index (χ0) is 22.8. The number of pyridine rings is 1. The fourth-order valence-corrected chi connectivity index (χ4v) is 4.81. The molecule has 1 aromatic heterocycles. The lowest BCUT2D eigenvalue weighted by molar-refractivity contribution is 0.170. The summed E-state index contributed by atoms with van der Waals surface area (Å²) in [6.45, 7) is 3.06. The van der Waals surface area contributed by atoms with Crippen LogP contribution in [-0.4, -0.2) is 22.7 Å². The van der Waals surface area contributed by atoms with Crippen molar-refractivity contribution in [2.24, 2.45) is 0 Å². The Bertz CT molecular complexity index is 1320. The van der Waals surface area contributed by atoms with E-state index in [1.165, 1.54) is 17.2 Å². The molecule has 0 amide bonds. The molecule has 3 atom stereocenters. The molecule has 1 heterocycles. The predicted octanol–water partition coefficient (Wildman–Crippen LogP) is 4.46. The molecule has 168 valence electrons. The molecular formula is C28H28N2O3. The van der Waals surface area contributed by atoms with E-state index in [-0.39, 0.29) is 11.6 Å². The number of rotatable bonds is 7. The normalized spacial score (nSPS) is 18.2. The van der Waals surface area contributed by atoms with Crippen LogP contribution in [0.3, 0.4) is 0 Å². The van der Waals surface area contributed by atoms with Gasteiger partial charge in [0.05, 0.1) is 11.6 Å². The van der Waals surface area contributed by atoms with Gasteiger partial charge in [0, 0.05) is 24.0 Å². The summed E-state index contributed by atoms with van der Waals surface area (Å²) in [5, 5.41) is 15.4. The Balaban J connectivity index is 1.34. The summed E-state index contributed by atoms with van der Waals surface area (Å²) in [6.07, 6.45) is 0.252. The van der Waals surface area contributed by atoms with Crippen LogP contribution < -0.4 is 15.6 Å². The van der Waals surface area contributed by atoms with Crippen LogP contribution in [0.2, 0.25) is 0 Å². The van der Waals surface area contributed by atoms with Gasteiger partial charge in [-0.05, 0) is 46.7 Å². The third-order valence-corrected chi connectivity index (χ3v) is 6.65. The number of aliphatic hydroxyl groups excluding tert-OH is 1. The average Bonchev–Trinajstić information content (AvgIpc) is 3.17. The first-order chi connectivity index (χ1) is 16.1. The van der Waals surface area contributed by atoms with Crippen molar-refractivity contribution < 1.29 is 9.84 Å².